The molecule has 0 saturated carbocycles. The lowest BCUT2D eigenvalue weighted by Gasteiger charge is -2.29. The van der Waals surface area contributed by atoms with Crippen LogP contribution in [0.5, 0.6) is 0 Å². The Bertz CT molecular complexity index is 417. The number of hydrogen-bond acceptors (Lipinski definition) is 1. The summed E-state index contributed by atoms with van der Waals surface area (Å²) in [4.78, 5) is 11.5. The first-order valence-electron chi connectivity index (χ1n) is 6.15. The fourth-order valence-corrected chi connectivity index (χ4v) is 1.82. The molecule has 1 N–H and O–H groups in total. The van der Waals surface area contributed by atoms with Crippen LogP contribution in [-0.4, -0.2) is 11.1 Å². The maximum atomic E-state index is 12.9. The van der Waals surface area contributed by atoms with Crippen molar-refractivity contribution in [2.24, 2.45) is 5.41 Å². The van der Waals surface area contributed by atoms with E-state index >= 15 is 0 Å². The van der Waals surface area contributed by atoms with Crippen LogP contribution >= 0.6 is 0 Å². The number of carbonyl (C=O) groups is 1. The molecule has 100 valence electrons. The van der Waals surface area contributed by atoms with Crippen LogP contribution < -0.4 is 0 Å². The van der Waals surface area contributed by atoms with E-state index in [1.54, 1.807) is 19.1 Å². The molecule has 0 aliphatic heterocycles. The Kier molecular flexibility index (Phi) is 4.15. The molecule has 1 unspecified atom stereocenters. The molecular formula is C15H21FO2. The van der Waals surface area contributed by atoms with E-state index in [4.69, 9.17) is 0 Å². The maximum absolute atomic E-state index is 12.9. The van der Waals surface area contributed by atoms with Crippen LogP contribution in [0, 0.1) is 11.2 Å². The Morgan fingerprint density at radius 3 is 2.00 bits per heavy atom. The van der Waals surface area contributed by atoms with E-state index in [0.717, 1.165) is 6.42 Å². The Hall–Kier alpha value is -1.38. The van der Waals surface area contributed by atoms with Gasteiger partial charge in [0.1, 0.15) is 5.82 Å². The van der Waals surface area contributed by atoms with Gasteiger partial charge in [-0.25, -0.2) is 4.39 Å². The summed E-state index contributed by atoms with van der Waals surface area (Å²) in [5, 5.41) is 9.46. The highest BCUT2D eigenvalue weighted by Crippen LogP contribution is 2.34. The number of carboxylic acids is 1. The summed E-state index contributed by atoms with van der Waals surface area (Å²) in [6.07, 6.45) is 1.34. The van der Waals surface area contributed by atoms with Crippen molar-refractivity contribution in [2.75, 3.05) is 0 Å². The second-order valence-corrected chi connectivity index (χ2v) is 6.20. The van der Waals surface area contributed by atoms with Crippen LogP contribution in [0.3, 0.4) is 0 Å². The number of hydrogen-bond donors (Lipinski definition) is 1. The van der Waals surface area contributed by atoms with E-state index in [-0.39, 0.29) is 11.2 Å². The van der Waals surface area contributed by atoms with Crippen molar-refractivity contribution in [3.05, 3.63) is 35.6 Å². The summed E-state index contributed by atoms with van der Waals surface area (Å²) in [6, 6.07) is 5.75. The molecule has 0 aliphatic carbocycles. The van der Waals surface area contributed by atoms with Crippen LogP contribution in [0.2, 0.25) is 0 Å². The molecule has 1 atom stereocenters. The summed E-state index contributed by atoms with van der Waals surface area (Å²) in [5.74, 6) is -1.21. The molecule has 1 aromatic carbocycles. The summed E-state index contributed by atoms with van der Waals surface area (Å²) in [7, 11) is 0. The van der Waals surface area contributed by atoms with Crippen LogP contribution in [0.4, 0.5) is 4.39 Å². The molecule has 18 heavy (non-hydrogen) atoms. The second-order valence-electron chi connectivity index (χ2n) is 6.20. The minimum Gasteiger partial charge on any atom is -0.481 e. The molecule has 3 heteroatoms. The van der Waals surface area contributed by atoms with Gasteiger partial charge in [0.2, 0.25) is 0 Å². The van der Waals surface area contributed by atoms with Crippen molar-refractivity contribution >= 4 is 5.97 Å². The van der Waals surface area contributed by atoms with Crippen LogP contribution in [0.25, 0.3) is 0 Å². The number of rotatable bonds is 4. The van der Waals surface area contributed by atoms with E-state index < -0.39 is 11.4 Å². The largest absolute Gasteiger partial charge is 0.481 e. The number of halogens is 1. The maximum Gasteiger partial charge on any atom is 0.313 e. The SMILES string of the molecule is CC(C)(C)CCC(C)(C(=O)O)c1ccc(F)cc1. The molecule has 0 spiro atoms. The van der Waals surface area contributed by atoms with Gasteiger partial charge in [-0.3, -0.25) is 4.79 Å². The van der Waals surface area contributed by atoms with Gasteiger partial charge >= 0.3 is 5.97 Å². The van der Waals surface area contributed by atoms with E-state index in [2.05, 4.69) is 20.8 Å². The highest BCUT2D eigenvalue weighted by Gasteiger charge is 2.35. The molecule has 0 aromatic heterocycles. The fraction of sp³-hybridized carbons (Fsp3) is 0.533. The Balaban J connectivity index is 3.00. The lowest BCUT2D eigenvalue weighted by molar-refractivity contribution is -0.143. The predicted molar refractivity (Wildman–Crippen MR) is 70.1 cm³/mol. The second kappa shape index (κ2) is 5.09. The Morgan fingerprint density at radius 1 is 1.11 bits per heavy atom. The third kappa shape index (κ3) is 3.56. The monoisotopic (exact) mass is 252 g/mol. The van der Waals surface area contributed by atoms with Crippen LogP contribution in [0.15, 0.2) is 24.3 Å². The van der Waals surface area contributed by atoms with Gasteiger partial charge in [0.05, 0.1) is 5.41 Å². The zero-order valence-corrected chi connectivity index (χ0v) is 11.5. The van der Waals surface area contributed by atoms with Gasteiger partial charge in [-0.1, -0.05) is 32.9 Å². The van der Waals surface area contributed by atoms with E-state index in [9.17, 15) is 14.3 Å². The molecule has 1 aromatic rings. The summed E-state index contributed by atoms with van der Waals surface area (Å²) < 4.78 is 12.9. The van der Waals surface area contributed by atoms with Gasteiger partial charge in [-0.05, 0) is 42.9 Å². The highest BCUT2D eigenvalue weighted by atomic mass is 19.1. The summed E-state index contributed by atoms with van der Waals surface area (Å²) in [5.41, 5.74) is -0.224. The van der Waals surface area contributed by atoms with Crippen molar-refractivity contribution in [3.8, 4) is 0 Å². The van der Waals surface area contributed by atoms with E-state index in [0.29, 0.717) is 12.0 Å². The predicted octanol–water partition coefficient (Wildman–Crippen LogP) is 3.99. The Labute approximate surface area is 108 Å². The van der Waals surface area contributed by atoms with Gasteiger partial charge < -0.3 is 5.11 Å². The van der Waals surface area contributed by atoms with Gasteiger partial charge in [-0.15, -0.1) is 0 Å². The molecule has 2 nitrogen and oxygen atoms in total. The number of aliphatic carboxylic acids is 1. The third-order valence-electron chi connectivity index (χ3n) is 3.33. The quantitative estimate of drug-likeness (QED) is 0.879. The number of carboxylic acid groups (broad SMARTS) is 1. The van der Waals surface area contributed by atoms with E-state index in [1.807, 2.05) is 0 Å². The summed E-state index contributed by atoms with van der Waals surface area (Å²) in [6.45, 7) is 7.95. The minimum atomic E-state index is -0.957. The van der Waals surface area contributed by atoms with Gasteiger partial charge in [0, 0.05) is 0 Å². The van der Waals surface area contributed by atoms with E-state index in [1.165, 1.54) is 12.1 Å². The van der Waals surface area contributed by atoms with Crippen molar-refractivity contribution in [1.82, 2.24) is 0 Å². The van der Waals surface area contributed by atoms with Gasteiger partial charge in [0.15, 0.2) is 0 Å². The molecule has 1 rings (SSSR count). The molecule has 0 heterocycles. The van der Waals surface area contributed by atoms with Crippen molar-refractivity contribution in [2.45, 2.75) is 46.0 Å². The molecule has 0 radical (unpaired) electrons. The lowest BCUT2D eigenvalue weighted by Crippen LogP contribution is -2.33. The fourth-order valence-electron chi connectivity index (χ4n) is 1.82. The number of benzene rings is 1. The average molecular weight is 252 g/mol. The van der Waals surface area contributed by atoms with Gasteiger partial charge in [0.25, 0.3) is 0 Å². The first-order valence-corrected chi connectivity index (χ1v) is 6.15. The topological polar surface area (TPSA) is 37.3 Å². The van der Waals surface area contributed by atoms with Crippen LogP contribution in [0.1, 0.15) is 46.1 Å². The lowest BCUT2D eigenvalue weighted by atomic mass is 9.74. The molecule has 0 bridgehead atoms. The molecule has 0 amide bonds. The van der Waals surface area contributed by atoms with Crippen molar-refractivity contribution in [3.63, 3.8) is 0 Å². The standard InChI is InChI=1S/C15H21FO2/c1-14(2,3)9-10-15(4,13(17)18)11-5-7-12(16)8-6-11/h5-8H,9-10H2,1-4H3,(H,17,18). The minimum absolute atomic E-state index is 0.0801. The highest BCUT2D eigenvalue weighted by molar-refractivity contribution is 5.80. The molecule has 0 saturated heterocycles. The summed E-state index contributed by atoms with van der Waals surface area (Å²) >= 11 is 0. The first kappa shape index (κ1) is 14.7. The third-order valence-corrected chi connectivity index (χ3v) is 3.33. The van der Waals surface area contributed by atoms with Crippen molar-refractivity contribution < 1.29 is 14.3 Å². The van der Waals surface area contributed by atoms with Crippen molar-refractivity contribution in [1.29, 1.82) is 0 Å². The average Bonchev–Trinajstić information content (AvgIpc) is 2.25. The van der Waals surface area contributed by atoms with Gasteiger partial charge in [-0.2, -0.15) is 0 Å². The smallest absolute Gasteiger partial charge is 0.313 e. The normalized spacial score (nSPS) is 15.2. The molecule has 0 aliphatic rings. The van der Waals surface area contributed by atoms with Crippen LogP contribution in [-0.2, 0) is 10.2 Å². The first-order chi connectivity index (χ1) is 8.15. The molecule has 0 fully saturated rings. The Morgan fingerprint density at radius 2 is 1.61 bits per heavy atom. The zero-order chi connectivity index (χ0) is 14.0. The zero-order valence-electron chi connectivity index (χ0n) is 11.5. The molecular weight excluding hydrogens is 231 g/mol.